The molecule has 0 radical (unpaired) electrons. The molecule has 1 fully saturated rings. The van der Waals surface area contributed by atoms with Crippen LogP contribution in [0.15, 0.2) is 0 Å². The minimum atomic E-state index is -0.153. The topological polar surface area (TPSA) is 44.7 Å². The molecule has 19 heavy (non-hydrogen) atoms. The summed E-state index contributed by atoms with van der Waals surface area (Å²) in [4.78, 5) is 2.35. The SMILES string of the molecule is CCCN(CCO)CC1C(NC)C(C)(C)OC1(C)C. The number of aliphatic hydroxyl groups excluding tert-OH is 1. The maximum atomic E-state index is 9.20. The molecule has 0 aromatic rings. The van der Waals surface area contributed by atoms with E-state index < -0.39 is 0 Å². The van der Waals surface area contributed by atoms with Crippen molar-refractivity contribution in [2.45, 2.75) is 58.3 Å². The molecule has 2 N–H and O–H groups in total. The van der Waals surface area contributed by atoms with Crippen LogP contribution in [-0.2, 0) is 4.74 Å². The standard InChI is InChI=1S/C15H32N2O2/c1-7-8-17(9-10-18)11-12-13(16-6)15(4,5)19-14(12,2)3/h12-13,16,18H,7-11H2,1-6H3. The van der Waals surface area contributed by atoms with Crippen LogP contribution in [0, 0.1) is 5.92 Å². The van der Waals surface area contributed by atoms with Crippen molar-refractivity contribution in [3.63, 3.8) is 0 Å². The van der Waals surface area contributed by atoms with Gasteiger partial charge in [-0.1, -0.05) is 6.92 Å². The zero-order chi connectivity index (χ0) is 14.7. The molecule has 0 spiro atoms. The molecule has 0 aromatic heterocycles. The predicted octanol–water partition coefficient (Wildman–Crippen LogP) is 1.48. The van der Waals surface area contributed by atoms with Crippen molar-refractivity contribution in [2.75, 3.05) is 33.3 Å². The van der Waals surface area contributed by atoms with E-state index in [1.165, 1.54) is 0 Å². The normalized spacial score (nSPS) is 29.1. The summed E-state index contributed by atoms with van der Waals surface area (Å²) in [7, 11) is 2.01. The van der Waals surface area contributed by atoms with Gasteiger partial charge in [0.1, 0.15) is 0 Å². The van der Waals surface area contributed by atoms with E-state index in [9.17, 15) is 5.11 Å². The average molecular weight is 272 g/mol. The number of hydrogen-bond donors (Lipinski definition) is 2. The second-order valence-corrected chi connectivity index (χ2v) is 6.71. The molecular formula is C15H32N2O2. The van der Waals surface area contributed by atoms with E-state index in [1.807, 2.05) is 7.05 Å². The number of nitrogens with zero attached hydrogens (tertiary/aromatic N) is 1. The van der Waals surface area contributed by atoms with Crippen molar-refractivity contribution < 1.29 is 9.84 Å². The van der Waals surface area contributed by atoms with Crippen LogP contribution < -0.4 is 5.32 Å². The average Bonchev–Trinajstić information content (AvgIpc) is 2.44. The molecular weight excluding hydrogens is 240 g/mol. The second-order valence-electron chi connectivity index (χ2n) is 6.71. The van der Waals surface area contributed by atoms with Crippen LogP contribution in [-0.4, -0.2) is 60.5 Å². The zero-order valence-electron chi connectivity index (χ0n) is 13.5. The van der Waals surface area contributed by atoms with Crippen LogP contribution in [0.5, 0.6) is 0 Å². The highest BCUT2D eigenvalue weighted by molar-refractivity contribution is 5.05. The molecule has 0 aromatic carbocycles. The number of aliphatic hydroxyl groups is 1. The zero-order valence-corrected chi connectivity index (χ0v) is 13.5. The van der Waals surface area contributed by atoms with Crippen LogP contribution in [0.2, 0.25) is 0 Å². The first-order valence-electron chi connectivity index (χ1n) is 7.49. The summed E-state index contributed by atoms with van der Waals surface area (Å²) in [5.74, 6) is 0.422. The first kappa shape index (κ1) is 16.9. The minimum absolute atomic E-state index is 0.140. The Bertz CT molecular complexity index is 273. The molecule has 1 aliphatic rings. The van der Waals surface area contributed by atoms with E-state index in [0.29, 0.717) is 12.0 Å². The Kier molecular flexibility index (Phi) is 5.80. The van der Waals surface area contributed by atoms with Gasteiger partial charge in [-0.25, -0.2) is 0 Å². The fourth-order valence-electron chi connectivity index (χ4n) is 3.61. The lowest BCUT2D eigenvalue weighted by atomic mass is 9.82. The van der Waals surface area contributed by atoms with Crippen LogP contribution in [0.25, 0.3) is 0 Å². The van der Waals surface area contributed by atoms with Crippen molar-refractivity contribution in [1.29, 1.82) is 0 Å². The number of ether oxygens (including phenoxy) is 1. The van der Waals surface area contributed by atoms with Gasteiger partial charge in [-0.3, -0.25) is 0 Å². The molecule has 1 rings (SSSR count). The van der Waals surface area contributed by atoms with Crippen LogP contribution in [0.1, 0.15) is 41.0 Å². The van der Waals surface area contributed by atoms with Crippen molar-refractivity contribution in [1.82, 2.24) is 10.2 Å². The molecule has 0 saturated carbocycles. The fraction of sp³-hybridized carbons (Fsp3) is 1.00. The minimum Gasteiger partial charge on any atom is -0.395 e. The summed E-state index contributed by atoms with van der Waals surface area (Å²) < 4.78 is 6.26. The fourth-order valence-corrected chi connectivity index (χ4v) is 3.61. The van der Waals surface area contributed by atoms with Gasteiger partial charge in [0, 0.05) is 25.0 Å². The third-order valence-electron chi connectivity index (χ3n) is 4.29. The quantitative estimate of drug-likeness (QED) is 0.737. The Morgan fingerprint density at radius 3 is 2.26 bits per heavy atom. The van der Waals surface area contributed by atoms with Crippen LogP contribution in [0.4, 0.5) is 0 Å². The first-order valence-corrected chi connectivity index (χ1v) is 7.49. The molecule has 4 nitrogen and oxygen atoms in total. The smallest absolute Gasteiger partial charge is 0.0790 e. The number of hydrogen-bond acceptors (Lipinski definition) is 4. The first-order chi connectivity index (χ1) is 8.78. The summed E-state index contributed by atoms with van der Waals surface area (Å²) in [6.45, 7) is 13.8. The van der Waals surface area contributed by atoms with Gasteiger partial charge >= 0.3 is 0 Å². The monoisotopic (exact) mass is 272 g/mol. The highest BCUT2D eigenvalue weighted by atomic mass is 16.5. The number of nitrogens with one attached hydrogen (secondary N) is 1. The van der Waals surface area contributed by atoms with Crippen LogP contribution in [0.3, 0.4) is 0 Å². The summed E-state index contributed by atoms with van der Waals surface area (Å²) in [6, 6.07) is 0.334. The van der Waals surface area contributed by atoms with Crippen molar-refractivity contribution in [2.24, 2.45) is 5.92 Å². The molecule has 1 saturated heterocycles. The number of likely N-dealkylation sites (N-methyl/N-ethyl adjacent to an activating group) is 1. The van der Waals surface area contributed by atoms with Gasteiger partial charge in [-0.15, -0.1) is 0 Å². The van der Waals surface area contributed by atoms with Crippen LogP contribution >= 0.6 is 0 Å². The maximum Gasteiger partial charge on any atom is 0.0790 e. The van der Waals surface area contributed by atoms with E-state index in [0.717, 1.165) is 26.1 Å². The van der Waals surface area contributed by atoms with Gasteiger partial charge in [0.05, 0.1) is 17.8 Å². The third-order valence-corrected chi connectivity index (χ3v) is 4.29. The van der Waals surface area contributed by atoms with Gasteiger partial charge < -0.3 is 20.1 Å². The molecule has 1 aliphatic heterocycles. The lowest BCUT2D eigenvalue weighted by Gasteiger charge is -2.34. The Morgan fingerprint density at radius 1 is 1.16 bits per heavy atom. The molecule has 0 aliphatic carbocycles. The molecule has 1 heterocycles. The Hall–Kier alpha value is -0.160. The third kappa shape index (κ3) is 3.91. The lowest BCUT2D eigenvalue weighted by Crippen LogP contribution is -2.50. The summed E-state index contributed by atoms with van der Waals surface area (Å²) in [5, 5.41) is 12.6. The van der Waals surface area contributed by atoms with E-state index in [1.54, 1.807) is 0 Å². The van der Waals surface area contributed by atoms with E-state index in [-0.39, 0.29) is 17.8 Å². The molecule has 0 amide bonds. The summed E-state index contributed by atoms with van der Waals surface area (Å²) in [6.07, 6.45) is 1.11. The maximum absolute atomic E-state index is 9.20. The van der Waals surface area contributed by atoms with E-state index in [4.69, 9.17) is 4.74 Å². The largest absolute Gasteiger partial charge is 0.395 e. The predicted molar refractivity (Wildman–Crippen MR) is 79.4 cm³/mol. The Balaban J connectivity index is 2.82. The van der Waals surface area contributed by atoms with Crippen molar-refractivity contribution in [3.05, 3.63) is 0 Å². The molecule has 114 valence electrons. The second kappa shape index (κ2) is 6.53. The molecule has 2 unspecified atom stereocenters. The van der Waals surface area contributed by atoms with Gasteiger partial charge in [0.2, 0.25) is 0 Å². The Labute approximate surface area is 118 Å². The molecule has 2 atom stereocenters. The lowest BCUT2D eigenvalue weighted by molar-refractivity contribution is -0.0795. The highest BCUT2D eigenvalue weighted by Gasteiger charge is 2.53. The van der Waals surface area contributed by atoms with Crippen molar-refractivity contribution in [3.8, 4) is 0 Å². The Morgan fingerprint density at radius 2 is 1.79 bits per heavy atom. The summed E-state index contributed by atoms with van der Waals surface area (Å²) >= 11 is 0. The van der Waals surface area contributed by atoms with Gasteiger partial charge in [-0.05, 0) is 47.7 Å². The van der Waals surface area contributed by atoms with E-state index >= 15 is 0 Å². The van der Waals surface area contributed by atoms with Gasteiger partial charge in [0.25, 0.3) is 0 Å². The van der Waals surface area contributed by atoms with Gasteiger partial charge in [0.15, 0.2) is 0 Å². The summed E-state index contributed by atoms with van der Waals surface area (Å²) in [5.41, 5.74) is -0.293. The molecule has 4 heteroatoms. The number of rotatable bonds is 7. The van der Waals surface area contributed by atoms with Crippen molar-refractivity contribution >= 4 is 0 Å². The highest BCUT2D eigenvalue weighted by Crippen LogP contribution is 2.42. The molecule has 0 bridgehead atoms. The van der Waals surface area contributed by atoms with E-state index in [2.05, 4.69) is 44.8 Å². The van der Waals surface area contributed by atoms with Gasteiger partial charge in [-0.2, -0.15) is 0 Å².